The normalized spacial score (nSPS) is 23.9. The Morgan fingerprint density at radius 2 is 2.00 bits per heavy atom. The van der Waals surface area contributed by atoms with E-state index < -0.39 is 24.2 Å². The lowest BCUT2D eigenvalue weighted by atomic mass is 9.97. The molecule has 1 fully saturated rings. The number of piperidine rings is 1. The summed E-state index contributed by atoms with van der Waals surface area (Å²) in [7, 11) is 0. The van der Waals surface area contributed by atoms with Crippen LogP contribution in [0.3, 0.4) is 0 Å². The van der Waals surface area contributed by atoms with Gasteiger partial charge < -0.3 is 20.1 Å². The summed E-state index contributed by atoms with van der Waals surface area (Å²) in [6.07, 6.45) is -4.46. The molecule has 0 aromatic heterocycles. The van der Waals surface area contributed by atoms with Crippen molar-refractivity contribution in [1.82, 2.24) is 4.90 Å². The Labute approximate surface area is 131 Å². The van der Waals surface area contributed by atoms with E-state index in [-0.39, 0.29) is 32.6 Å². The fourth-order valence-corrected chi connectivity index (χ4v) is 2.94. The van der Waals surface area contributed by atoms with Crippen LogP contribution in [0.15, 0.2) is 18.2 Å². The molecule has 1 aromatic rings. The van der Waals surface area contributed by atoms with Crippen molar-refractivity contribution in [3.63, 3.8) is 0 Å². The van der Waals surface area contributed by atoms with Crippen LogP contribution in [0.2, 0.25) is 0 Å². The van der Waals surface area contributed by atoms with E-state index in [1.165, 1.54) is 0 Å². The zero-order valence-electron chi connectivity index (χ0n) is 12.3. The predicted molar refractivity (Wildman–Crippen MR) is 75.0 cm³/mol. The molecule has 5 nitrogen and oxygen atoms in total. The molecule has 2 aliphatic heterocycles. The molecule has 0 radical (unpaired) electrons. The highest BCUT2D eigenvalue weighted by atomic mass is 19.4. The van der Waals surface area contributed by atoms with Gasteiger partial charge in [0, 0.05) is 12.6 Å². The number of alkyl halides is 3. The van der Waals surface area contributed by atoms with Crippen molar-refractivity contribution in [1.29, 1.82) is 0 Å². The summed E-state index contributed by atoms with van der Waals surface area (Å²) in [5, 5.41) is 0. The Morgan fingerprint density at radius 3 is 2.74 bits per heavy atom. The molecule has 2 aliphatic rings. The number of rotatable bonds is 2. The van der Waals surface area contributed by atoms with Crippen molar-refractivity contribution in [3.8, 4) is 11.5 Å². The Bertz CT molecular complexity index is 606. The second kappa shape index (κ2) is 5.92. The molecule has 0 aliphatic carbocycles. The number of benzene rings is 1. The number of carbonyl (C=O) groups is 1. The van der Waals surface area contributed by atoms with Crippen LogP contribution < -0.4 is 15.2 Å². The highest BCUT2D eigenvalue weighted by molar-refractivity contribution is 5.79. The minimum atomic E-state index is -4.44. The maximum atomic E-state index is 13.1. The van der Waals surface area contributed by atoms with E-state index in [0.717, 1.165) is 4.90 Å². The first-order chi connectivity index (χ1) is 10.8. The van der Waals surface area contributed by atoms with Gasteiger partial charge in [0.25, 0.3) is 0 Å². The van der Waals surface area contributed by atoms with Gasteiger partial charge in [-0.05, 0) is 30.5 Å². The van der Waals surface area contributed by atoms with Crippen molar-refractivity contribution < 1.29 is 27.4 Å². The lowest BCUT2D eigenvalue weighted by molar-refractivity contribution is -0.196. The average Bonchev–Trinajstić information content (AvgIpc) is 2.93. The van der Waals surface area contributed by atoms with E-state index in [4.69, 9.17) is 15.2 Å². The Balaban J connectivity index is 1.75. The molecular weight excluding hydrogens is 313 g/mol. The Kier molecular flexibility index (Phi) is 4.09. The van der Waals surface area contributed by atoms with Crippen molar-refractivity contribution in [2.24, 2.45) is 5.73 Å². The molecular formula is C15H17F3N2O3. The number of nitrogens with two attached hydrogens (primary N) is 1. The summed E-state index contributed by atoms with van der Waals surface area (Å²) in [5.74, 6) is 0.480. The first-order valence-corrected chi connectivity index (χ1v) is 7.35. The third kappa shape index (κ3) is 3.36. The van der Waals surface area contributed by atoms with E-state index in [1.54, 1.807) is 18.2 Å². The van der Waals surface area contributed by atoms with E-state index in [0.29, 0.717) is 17.1 Å². The standard InChI is InChI=1S/C15H17F3N2O3/c16-15(17,18)13-4-2-10(19)7-20(13)14(21)6-9-1-3-11-12(5-9)23-8-22-11/h1,3,5,10,13H,2,4,6-8,19H2. The number of hydrogen-bond acceptors (Lipinski definition) is 4. The third-order valence-corrected chi connectivity index (χ3v) is 4.11. The van der Waals surface area contributed by atoms with E-state index in [2.05, 4.69) is 0 Å². The minimum Gasteiger partial charge on any atom is -0.454 e. The molecule has 1 amide bonds. The van der Waals surface area contributed by atoms with E-state index in [1.807, 2.05) is 0 Å². The van der Waals surface area contributed by atoms with Crippen LogP contribution in [-0.4, -0.2) is 42.4 Å². The average molecular weight is 330 g/mol. The Morgan fingerprint density at radius 1 is 1.26 bits per heavy atom. The lowest BCUT2D eigenvalue weighted by Gasteiger charge is -2.39. The van der Waals surface area contributed by atoms with Gasteiger partial charge in [-0.2, -0.15) is 13.2 Å². The summed E-state index contributed by atoms with van der Waals surface area (Å²) in [5.41, 5.74) is 6.32. The van der Waals surface area contributed by atoms with Crippen molar-refractivity contribution in [2.45, 2.75) is 37.5 Å². The van der Waals surface area contributed by atoms with Gasteiger partial charge in [-0.15, -0.1) is 0 Å². The van der Waals surface area contributed by atoms with E-state index >= 15 is 0 Å². The molecule has 0 spiro atoms. The number of likely N-dealkylation sites (tertiary alicyclic amines) is 1. The molecule has 0 saturated carbocycles. The monoisotopic (exact) mass is 330 g/mol. The first-order valence-electron chi connectivity index (χ1n) is 7.35. The fourth-order valence-electron chi connectivity index (χ4n) is 2.94. The number of fused-ring (bicyclic) bond motifs is 1. The second-order valence-corrected chi connectivity index (χ2v) is 5.81. The smallest absolute Gasteiger partial charge is 0.408 e. The summed E-state index contributed by atoms with van der Waals surface area (Å²) in [4.78, 5) is 13.2. The molecule has 2 N–H and O–H groups in total. The number of hydrogen-bond donors (Lipinski definition) is 1. The summed E-state index contributed by atoms with van der Waals surface area (Å²) in [6.45, 7) is 0.0252. The topological polar surface area (TPSA) is 64.8 Å². The number of nitrogens with zero attached hydrogens (tertiary/aromatic N) is 1. The lowest BCUT2D eigenvalue weighted by Crippen LogP contribution is -2.57. The maximum absolute atomic E-state index is 13.1. The predicted octanol–water partition coefficient (Wildman–Crippen LogP) is 1.84. The molecule has 2 heterocycles. The van der Waals surface area contributed by atoms with Crippen molar-refractivity contribution in [2.75, 3.05) is 13.3 Å². The highest BCUT2D eigenvalue weighted by Crippen LogP contribution is 2.34. The van der Waals surface area contributed by atoms with Gasteiger partial charge >= 0.3 is 6.18 Å². The second-order valence-electron chi connectivity index (χ2n) is 5.81. The van der Waals surface area contributed by atoms with Crippen LogP contribution >= 0.6 is 0 Å². The molecule has 1 saturated heterocycles. The molecule has 8 heteroatoms. The molecule has 2 unspecified atom stereocenters. The highest BCUT2D eigenvalue weighted by Gasteiger charge is 2.47. The van der Waals surface area contributed by atoms with E-state index in [9.17, 15) is 18.0 Å². The number of halogens is 3. The maximum Gasteiger partial charge on any atom is 0.408 e. The Hall–Kier alpha value is -1.96. The third-order valence-electron chi connectivity index (χ3n) is 4.11. The van der Waals surface area contributed by atoms with Gasteiger partial charge in [-0.3, -0.25) is 4.79 Å². The molecule has 3 rings (SSSR count). The van der Waals surface area contributed by atoms with Gasteiger partial charge in [0.15, 0.2) is 11.5 Å². The van der Waals surface area contributed by atoms with Crippen molar-refractivity contribution in [3.05, 3.63) is 23.8 Å². The van der Waals surface area contributed by atoms with Crippen LogP contribution in [0.25, 0.3) is 0 Å². The van der Waals surface area contributed by atoms with Crippen LogP contribution in [-0.2, 0) is 11.2 Å². The molecule has 23 heavy (non-hydrogen) atoms. The number of carbonyl (C=O) groups excluding carboxylic acids is 1. The van der Waals surface area contributed by atoms with Crippen LogP contribution in [0.1, 0.15) is 18.4 Å². The largest absolute Gasteiger partial charge is 0.454 e. The van der Waals surface area contributed by atoms with Gasteiger partial charge in [0.1, 0.15) is 6.04 Å². The van der Waals surface area contributed by atoms with Gasteiger partial charge in [-0.25, -0.2) is 0 Å². The summed E-state index contributed by atoms with van der Waals surface area (Å²) in [6, 6.07) is 2.73. The van der Waals surface area contributed by atoms with Gasteiger partial charge in [0.05, 0.1) is 6.42 Å². The summed E-state index contributed by atoms with van der Waals surface area (Å²) >= 11 is 0. The minimum absolute atomic E-state index is 0.0758. The number of amides is 1. The molecule has 126 valence electrons. The molecule has 2 atom stereocenters. The SMILES string of the molecule is NC1CCC(C(F)(F)F)N(C(=O)Cc2ccc3c(c2)OCO3)C1. The van der Waals surface area contributed by atoms with Crippen molar-refractivity contribution >= 4 is 5.91 Å². The first kappa shape index (κ1) is 15.9. The van der Waals surface area contributed by atoms with Gasteiger partial charge in [-0.1, -0.05) is 6.07 Å². The fraction of sp³-hybridized carbons (Fsp3) is 0.533. The van der Waals surface area contributed by atoms with Gasteiger partial charge in [0.2, 0.25) is 12.7 Å². The number of ether oxygens (including phenoxy) is 2. The zero-order chi connectivity index (χ0) is 16.6. The molecule has 0 bridgehead atoms. The van der Waals surface area contributed by atoms with Crippen LogP contribution in [0.4, 0.5) is 13.2 Å². The molecule has 1 aromatic carbocycles. The quantitative estimate of drug-likeness (QED) is 0.899. The van der Waals surface area contributed by atoms with Crippen LogP contribution in [0, 0.1) is 0 Å². The zero-order valence-corrected chi connectivity index (χ0v) is 12.3. The summed E-state index contributed by atoms with van der Waals surface area (Å²) < 4.78 is 49.8. The van der Waals surface area contributed by atoms with Crippen LogP contribution in [0.5, 0.6) is 11.5 Å².